The van der Waals surface area contributed by atoms with Crippen molar-refractivity contribution in [3.63, 3.8) is 0 Å². The largest absolute Gasteiger partial charge is 0.422 e. The minimum atomic E-state index is -0.340. The molecule has 0 aliphatic heterocycles. The number of aromatic nitrogens is 2. The molecule has 0 amide bonds. The van der Waals surface area contributed by atoms with Crippen LogP contribution >= 0.6 is 0 Å². The normalized spacial score (nSPS) is 12.2. The summed E-state index contributed by atoms with van der Waals surface area (Å²) >= 11 is 0. The first-order valence-electron chi connectivity index (χ1n) is 8.38. The maximum absolute atomic E-state index is 12.6. The zero-order valence-corrected chi connectivity index (χ0v) is 14.8. The van der Waals surface area contributed by atoms with Crippen molar-refractivity contribution in [2.24, 2.45) is 0 Å². The minimum absolute atomic E-state index is 0.0166. The smallest absolute Gasteiger partial charge is 0.347 e. The van der Waals surface area contributed by atoms with Crippen LogP contribution in [0.4, 0.5) is 0 Å². The first-order chi connectivity index (χ1) is 11.9. The van der Waals surface area contributed by atoms with Gasteiger partial charge in [-0.25, -0.2) is 9.48 Å². The van der Waals surface area contributed by atoms with Crippen LogP contribution in [0.2, 0.25) is 0 Å². The third kappa shape index (κ3) is 2.45. The highest BCUT2D eigenvalue weighted by atomic mass is 16.4. The van der Waals surface area contributed by atoms with Gasteiger partial charge in [-0.3, -0.25) is 0 Å². The standard InChI is InChI=1S/C21H20N2O2/c1-13-18-19(23(22-13)15-8-6-5-7-9-15)16-11-10-14(21(2,3)4)12-17(16)25-20(18)24/h5-12H,1-4H3. The Hall–Kier alpha value is -2.88. The Bertz CT molecular complexity index is 1150. The number of hydrogen-bond donors (Lipinski definition) is 0. The van der Waals surface area contributed by atoms with Gasteiger partial charge in [-0.2, -0.15) is 5.10 Å². The number of hydrogen-bond acceptors (Lipinski definition) is 3. The van der Waals surface area contributed by atoms with E-state index < -0.39 is 0 Å². The summed E-state index contributed by atoms with van der Waals surface area (Å²) in [6.07, 6.45) is 0. The number of benzene rings is 2. The second kappa shape index (κ2) is 5.31. The van der Waals surface area contributed by atoms with Crippen molar-refractivity contribution < 1.29 is 4.42 Å². The van der Waals surface area contributed by atoms with E-state index in [1.165, 1.54) is 0 Å². The lowest BCUT2D eigenvalue weighted by molar-refractivity contribution is 0.560. The van der Waals surface area contributed by atoms with Crippen molar-refractivity contribution in [2.75, 3.05) is 0 Å². The molecule has 0 atom stereocenters. The zero-order chi connectivity index (χ0) is 17.8. The molecule has 2 heterocycles. The molecule has 0 saturated heterocycles. The molecule has 25 heavy (non-hydrogen) atoms. The van der Waals surface area contributed by atoms with Gasteiger partial charge < -0.3 is 4.42 Å². The molecule has 0 unspecified atom stereocenters. The Morgan fingerprint density at radius 3 is 2.44 bits per heavy atom. The summed E-state index contributed by atoms with van der Waals surface area (Å²) in [7, 11) is 0. The van der Waals surface area contributed by atoms with Gasteiger partial charge in [-0.05, 0) is 42.2 Å². The van der Waals surface area contributed by atoms with Gasteiger partial charge in [-0.15, -0.1) is 0 Å². The summed E-state index contributed by atoms with van der Waals surface area (Å²) in [5.74, 6) is 0. The van der Waals surface area contributed by atoms with Crippen LogP contribution in [0.1, 0.15) is 32.0 Å². The van der Waals surface area contributed by atoms with Gasteiger partial charge in [0, 0.05) is 5.39 Å². The van der Waals surface area contributed by atoms with Crippen molar-refractivity contribution >= 4 is 21.9 Å². The van der Waals surface area contributed by atoms with E-state index in [0.29, 0.717) is 16.7 Å². The van der Waals surface area contributed by atoms with Crippen LogP contribution in [-0.2, 0) is 5.41 Å². The van der Waals surface area contributed by atoms with Gasteiger partial charge in [0.15, 0.2) is 0 Å². The van der Waals surface area contributed by atoms with Crippen molar-refractivity contribution in [3.05, 3.63) is 70.2 Å². The van der Waals surface area contributed by atoms with E-state index >= 15 is 0 Å². The molecule has 4 aromatic rings. The monoisotopic (exact) mass is 332 g/mol. The van der Waals surface area contributed by atoms with E-state index in [9.17, 15) is 4.79 Å². The Balaban J connectivity index is 2.14. The molecule has 126 valence electrons. The average Bonchev–Trinajstić information content (AvgIpc) is 2.93. The van der Waals surface area contributed by atoms with Crippen molar-refractivity contribution in [1.82, 2.24) is 9.78 Å². The van der Waals surface area contributed by atoms with E-state index in [-0.39, 0.29) is 11.0 Å². The van der Waals surface area contributed by atoms with E-state index in [2.05, 4.69) is 31.9 Å². The fourth-order valence-corrected chi connectivity index (χ4v) is 3.20. The summed E-state index contributed by atoms with van der Waals surface area (Å²) in [6.45, 7) is 8.27. The predicted octanol–water partition coefficient (Wildman–Crippen LogP) is 4.74. The molecule has 0 radical (unpaired) electrons. The Kier molecular flexibility index (Phi) is 3.32. The fourth-order valence-electron chi connectivity index (χ4n) is 3.20. The lowest BCUT2D eigenvalue weighted by Gasteiger charge is -2.19. The molecule has 2 aromatic carbocycles. The van der Waals surface area contributed by atoms with Gasteiger partial charge in [0.2, 0.25) is 0 Å². The van der Waals surface area contributed by atoms with Crippen LogP contribution in [0.3, 0.4) is 0 Å². The molecule has 0 saturated carbocycles. The highest BCUT2D eigenvalue weighted by molar-refractivity contribution is 6.03. The summed E-state index contributed by atoms with van der Waals surface area (Å²) in [4.78, 5) is 12.6. The van der Waals surface area contributed by atoms with Crippen LogP contribution < -0.4 is 5.63 Å². The average molecular weight is 332 g/mol. The van der Waals surface area contributed by atoms with Crippen LogP contribution in [0.25, 0.3) is 27.6 Å². The highest BCUT2D eigenvalue weighted by Crippen LogP contribution is 2.31. The first-order valence-corrected chi connectivity index (χ1v) is 8.38. The van der Waals surface area contributed by atoms with Gasteiger partial charge in [0.25, 0.3) is 0 Å². The molecule has 4 nitrogen and oxygen atoms in total. The molecule has 0 bridgehead atoms. The molecule has 0 spiro atoms. The number of rotatable bonds is 1. The molecule has 2 aromatic heterocycles. The van der Waals surface area contributed by atoms with E-state index in [4.69, 9.17) is 4.42 Å². The van der Waals surface area contributed by atoms with Crippen LogP contribution in [0.5, 0.6) is 0 Å². The third-order valence-corrected chi connectivity index (χ3v) is 4.57. The molecule has 0 N–H and O–H groups in total. The van der Waals surface area contributed by atoms with Crippen LogP contribution in [0.15, 0.2) is 57.7 Å². The molecule has 0 fully saturated rings. The fraction of sp³-hybridized carbons (Fsp3) is 0.238. The van der Waals surface area contributed by atoms with E-state index in [1.807, 2.05) is 54.1 Å². The Morgan fingerprint density at radius 1 is 1.04 bits per heavy atom. The third-order valence-electron chi connectivity index (χ3n) is 4.57. The molecule has 0 aliphatic carbocycles. The van der Waals surface area contributed by atoms with Crippen LogP contribution in [-0.4, -0.2) is 9.78 Å². The quantitative estimate of drug-likeness (QED) is 0.473. The maximum Gasteiger partial charge on any atom is 0.347 e. The number of fused-ring (bicyclic) bond motifs is 3. The maximum atomic E-state index is 12.6. The summed E-state index contributed by atoms with van der Waals surface area (Å²) in [5.41, 5.74) is 3.77. The molecule has 0 aliphatic rings. The number of para-hydroxylation sites is 1. The summed E-state index contributed by atoms with van der Waals surface area (Å²) in [6, 6.07) is 15.9. The summed E-state index contributed by atoms with van der Waals surface area (Å²) in [5, 5.41) is 6.04. The van der Waals surface area contributed by atoms with Crippen molar-refractivity contribution in [1.29, 1.82) is 0 Å². The topological polar surface area (TPSA) is 48.0 Å². The zero-order valence-electron chi connectivity index (χ0n) is 14.8. The second-order valence-corrected chi connectivity index (χ2v) is 7.41. The molecule has 4 heteroatoms. The lowest BCUT2D eigenvalue weighted by Crippen LogP contribution is -2.11. The van der Waals surface area contributed by atoms with Crippen LogP contribution in [0, 0.1) is 6.92 Å². The SMILES string of the molecule is Cc1nn(-c2ccccc2)c2c1c(=O)oc1cc(C(C)(C)C)ccc12. The van der Waals surface area contributed by atoms with Crippen molar-refractivity contribution in [2.45, 2.75) is 33.1 Å². The predicted molar refractivity (Wildman–Crippen MR) is 101 cm³/mol. The highest BCUT2D eigenvalue weighted by Gasteiger charge is 2.20. The van der Waals surface area contributed by atoms with Gasteiger partial charge >= 0.3 is 5.63 Å². The molecule has 4 rings (SSSR count). The van der Waals surface area contributed by atoms with Gasteiger partial charge in [-0.1, -0.05) is 45.0 Å². The molecular formula is C21H20N2O2. The Morgan fingerprint density at radius 2 is 1.76 bits per heavy atom. The Labute approximate surface area is 145 Å². The van der Waals surface area contributed by atoms with Crippen molar-refractivity contribution in [3.8, 4) is 5.69 Å². The molecular weight excluding hydrogens is 312 g/mol. The van der Waals surface area contributed by atoms with E-state index in [1.54, 1.807) is 0 Å². The minimum Gasteiger partial charge on any atom is -0.422 e. The second-order valence-electron chi connectivity index (χ2n) is 7.41. The lowest BCUT2D eigenvalue weighted by atomic mass is 9.86. The number of aryl methyl sites for hydroxylation is 1. The summed E-state index contributed by atoms with van der Waals surface area (Å²) < 4.78 is 7.47. The van der Waals surface area contributed by atoms with Gasteiger partial charge in [0.05, 0.1) is 16.9 Å². The first kappa shape index (κ1) is 15.6. The van der Waals surface area contributed by atoms with E-state index in [0.717, 1.165) is 22.2 Å². The number of nitrogens with zero attached hydrogens (tertiary/aromatic N) is 2. The van der Waals surface area contributed by atoms with Gasteiger partial charge in [0.1, 0.15) is 11.0 Å².